The van der Waals surface area contributed by atoms with Crippen molar-refractivity contribution in [2.45, 2.75) is 19.9 Å². The largest absolute Gasteiger partial charge is 0.378 e. The number of ether oxygens (including phenoxy) is 1. The minimum Gasteiger partial charge on any atom is -0.378 e. The Morgan fingerprint density at radius 2 is 1.97 bits per heavy atom. The van der Waals surface area contributed by atoms with Gasteiger partial charge >= 0.3 is 0 Å². The van der Waals surface area contributed by atoms with E-state index >= 15 is 0 Å². The minimum atomic E-state index is -0.210. The lowest BCUT2D eigenvalue weighted by Crippen LogP contribution is -2.39. The van der Waals surface area contributed by atoms with Crippen LogP contribution >= 0.6 is 11.3 Å². The summed E-state index contributed by atoms with van der Waals surface area (Å²) in [5, 5.41) is 6.09. The molecule has 4 heterocycles. The molecular formula is C23H27N5O2S. The van der Waals surface area contributed by atoms with Crippen molar-refractivity contribution in [1.29, 1.82) is 0 Å². The van der Waals surface area contributed by atoms with Gasteiger partial charge in [0.2, 0.25) is 5.82 Å². The molecule has 1 amide bonds. The molecule has 0 bridgehead atoms. The fraction of sp³-hybridized carbons (Fsp3) is 0.435. The van der Waals surface area contributed by atoms with E-state index in [1.54, 1.807) is 11.3 Å². The number of fused-ring (bicyclic) bond motifs is 2. The number of hydrogen-bond donors (Lipinski definition) is 1. The monoisotopic (exact) mass is 437 g/mol. The second kappa shape index (κ2) is 8.90. The highest BCUT2D eigenvalue weighted by atomic mass is 32.1. The van der Waals surface area contributed by atoms with Gasteiger partial charge in [-0.3, -0.25) is 9.69 Å². The summed E-state index contributed by atoms with van der Waals surface area (Å²) in [6, 6.07) is 8.60. The Morgan fingerprint density at radius 1 is 1.16 bits per heavy atom. The van der Waals surface area contributed by atoms with Gasteiger partial charge in [0.1, 0.15) is 5.82 Å². The smallest absolute Gasteiger partial charge is 0.289 e. The quantitative estimate of drug-likeness (QED) is 0.662. The minimum absolute atomic E-state index is 0.210. The van der Waals surface area contributed by atoms with Crippen molar-refractivity contribution in [2.24, 2.45) is 0 Å². The van der Waals surface area contributed by atoms with Crippen molar-refractivity contribution >= 4 is 34.0 Å². The maximum Gasteiger partial charge on any atom is 0.289 e. The van der Waals surface area contributed by atoms with Crippen LogP contribution in [0.15, 0.2) is 29.6 Å². The van der Waals surface area contributed by atoms with Crippen LogP contribution in [0.4, 0.5) is 5.82 Å². The summed E-state index contributed by atoms with van der Waals surface area (Å²) in [5.41, 5.74) is 3.67. The molecule has 2 aliphatic rings. The van der Waals surface area contributed by atoms with Crippen LogP contribution in [0.1, 0.15) is 26.6 Å². The lowest BCUT2D eigenvalue weighted by molar-refractivity contribution is 0.0937. The number of nitrogens with zero attached hydrogens (tertiary/aromatic N) is 4. The first-order valence-corrected chi connectivity index (χ1v) is 11.7. The zero-order valence-corrected chi connectivity index (χ0v) is 18.6. The van der Waals surface area contributed by atoms with Gasteiger partial charge in [-0.1, -0.05) is 24.3 Å². The summed E-state index contributed by atoms with van der Waals surface area (Å²) in [6.45, 7) is 8.33. The number of aryl methyl sites for hydroxylation is 1. The molecule has 3 aromatic rings. The molecule has 2 aromatic heterocycles. The Bertz CT molecular complexity index is 1090. The third-order valence-electron chi connectivity index (χ3n) is 6.05. The normalized spacial score (nSPS) is 17.0. The van der Waals surface area contributed by atoms with Gasteiger partial charge in [0, 0.05) is 49.5 Å². The summed E-state index contributed by atoms with van der Waals surface area (Å²) >= 11 is 1.65. The molecule has 1 saturated heterocycles. The van der Waals surface area contributed by atoms with Crippen LogP contribution in [-0.2, 0) is 17.7 Å². The third-order valence-corrected chi connectivity index (χ3v) is 6.95. The highest BCUT2D eigenvalue weighted by Gasteiger charge is 2.22. The van der Waals surface area contributed by atoms with Crippen LogP contribution in [0, 0.1) is 6.92 Å². The molecule has 7 nitrogen and oxygen atoms in total. The van der Waals surface area contributed by atoms with E-state index in [2.05, 4.69) is 51.3 Å². The first kappa shape index (κ1) is 20.4. The van der Waals surface area contributed by atoms with Crippen molar-refractivity contribution in [2.75, 3.05) is 50.8 Å². The van der Waals surface area contributed by atoms with Gasteiger partial charge in [-0.25, -0.2) is 9.97 Å². The van der Waals surface area contributed by atoms with E-state index in [4.69, 9.17) is 9.72 Å². The van der Waals surface area contributed by atoms with Crippen molar-refractivity contribution < 1.29 is 9.53 Å². The Kier molecular flexibility index (Phi) is 5.85. The summed E-state index contributed by atoms with van der Waals surface area (Å²) < 4.78 is 5.49. The Hall–Kier alpha value is -2.55. The molecule has 8 heteroatoms. The third kappa shape index (κ3) is 4.28. The lowest BCUT2D eigenvalue weighted by Gasteiger charge is -2.29. The van der Waals surface area contributed by atoms with E-state index in [-0.39, 0.29) is 11.7 Å². The average Bonchev–Trinajstić information content (AvgIpc) is 3.19. The number of benzene rings is 1. The van der Waals surface area contributed by atoms with Crippen molar-refractivity contribution in [1.82, 2.24) is 20.2 Å². The molecule has 1 N–H and O–H groups in total. The number of nitrogens with one attached hydrogen (secondary N) is 1. The van der Waals surface area contributed by atoms with Crippen LogP contribution in [0.5, 0.6) is 0 Å². The first-order chi connectivity index (χ1) is 15.2. The number of thiophene rings is 1. The zero-order valence-electron chi connectivity index (χ0n) is 17.8. The van der Waals surface area contributed by atoms with Crippen LogP contribution in [0.2, 0.25) is 0 Å². The van der Waals surface area contributed by atoms with Crippen LogP contribution in [0.25, 0.3) is 10.9 Å². The van der Waals surface area contributed by atoms with Gasteiger partial charge in [0.25, 0.3) is 5.91 Å². The molecule has 5 rings (SSSR count). The van der Waals surface area contributed by atoms with Gasteiger partial charge in [0.05, 0.1) is 24.1 Å². The second-order valence-corrected chi connectivity index (χ2v) is 9.16. The maximum atomic E-state index is 12.9. The second-order valence-electron chi connectivity index (χ2n) is 8.07. The van der Waals surface area contributed by atoms with Gasteiger partial charge < -0.3 is 15.0 Å². The molecule has 1 aromatic carbocycles. The molecule has 1 fully saturated rings. The first-order valence-electron chi connectivity index (χ1n) is 10.8. The van der Waals surface area contributed by atoms with Crippen LogP contribution in [0.3, 0.4) is 0 Å². The van der Waals surface area contributed by atoms with E-state index < -0.39 is 0 Å². The van der Waals surface area contributed by atoms with E-state index in [9.17, 15) is 4.79 Å². The zero-order chi connectivity index (χ0) is 21.2. The highest BCUT2D eigenvalue weighted by molar-refractivity contribution is 7.11. The van der Waals surface area contributed by atoms with E-state index in [0.717, 1.165) is 55.9 Å². The number of anilines is 1. The molecular weight excluding hydrogens is 410 g/mol. The standard InChI is InChI=1S/C23H27N5O2S/c1-16-20-19(15-31-16)25-21(26-22(20)28-10-12-30-13-11-28)23(29)24-7-9-27-8-6-17-4-2-3-5-18(17)14-27/h2-5,15H,6-14H2,1H3,(H,24,29). The molecule has 0 unspecified atom stereocenters. The van der Waals surface area contributed by atoms with E-state index in [0.29, 0.717) is 19.8 Å². The number of carbonyl (C=O) groups excluding carboxylic acids is 1. The number of rotatable bonds is 5. The topological polar surface area (TPSA) is 70.6 Å². The van der Waals surface area contributed by atoms with Gasteiger partial charge in [0.15, 0.2) is 0 Å². The number of amides is 1. The number of morpholine rings is 1. The van der Waals surface area contributed by atoms with Gasteiger partial charge in [-0.2, -0.15) is 0 Å². The number of aromatic nitrogens is 2. The van der Waals surface area contributed by atoms with Gasteiger partial charge in [-0.05, 0) is 24.5 Å². The fourth-order valence-corrected chi connectivity index (χ4v) is 5.12. The molecule has 0 aliphatic carbocycles. The lowest BCUT2D eigenvalue weighted by atomic mass is 10.00. The summed E-state index contributed by atoms with van der Waals surface area (Å²) in [6.07, 6.45) is 1.06. The Morgan fingerprint density at radius 3 is 2.81 bits per heavy atom. The van der Waals surface area contributed by atoms with E-state index in [1.165, 1.54) is 16.0 Å². The predicted molar refractivity (Wildman–Crippen MR) is 123 cm³/mol. The highest BCUT2D eigenvalue weighted by Crippen LogP contribution is 2.31. The van der Waals surface area contributed by atoms with Gasteiger partial charge in [-0.15, -0.1) is 11.3 Å². The van der Waals surface area contributed by atoms with Crippen molar-refractivity contribution in [3.05, 3.63) is 51.5 Å². The average molecular weight is 438 g/mol. The molecule has 0 saturated carbocycles. The summed E-state index contributed by atoms with van der Waals surface area (Å²) in [7, 11) is 0. The SMILES string of the molecule is Cc1scc2nc(C(=O)NCCN3CCc4ccccc4C3)nc(N3CCOCC3)c12. The van der Waals surface area contributed by atoms with Crippen LogP contribution < -0.4 is 10.2 Å². The Labute approximate surface area is 186 Å². The molecule has 162 valence electrons. The molecule has 0 atom stereocenters. The van der Waals surface area contributed by atoms with Crippen molar-refractivity contribution in [3.63, 3.8) is 0 Å². The summed E-state index contributed by atoms with van der Waals surface area (Å²) in [4.78, 5) is 27.9. The number of hydrogen-bond acceptors (Lipinski definition) is 7. The fourth-order valence-electron chi connectivity index (χ4n) is 4.35. The predicted octanol–water partition coefficient (Wildman–Crippen LogP) is 2.62. The molecule has 0 radical (unpaired) electrons. The maximum absolute atomic E-state index is 12.9. The molecule has 2 aliphatic heterocycles. The summed E-state index contributed by atoms with van der Waals surface area (Å²) in [5.74, 6) is 0.887. The Balaban J connectivity index is 1.27. The van der Waals surface area contributed by atoms with Crippen LogP contribution in [-0.4, -0.2) is 66.7 Å². The van der Waals surface area contributed by atoms with E-state index in [1.807, 2.05) is 5.38 Å². The molecule has 0 spiro atoms. The number of carbonyl (C=O) groups is 1. The van der Waals surface area contributed by atoms with Crippen molar-refractivity contribution in [3.8, 4) is 0 Å². The molecule has 31 heavy (non-hydrogen) atoms.